The molecule has 0 aliphatic heterocycles. The van der Waals surface area contributed by atoms with Crippen LogP contribution in [0, 0.1) is 6.92 Å². The topological polar surface area (TPSA) is 64.0 Å². The van der Waals surface area contributed by atoms with Crippen molar-refractivity contribution in [2.75, 3.05) is 0 Å². The molecule has 1 aromatic heterocycles. The number of halogens is 1. The molecule has 1 unspecified atom stereocenters. The zero-order valence-corrected chi connectivity index (χ0v) is 14.2. The maximum atomic E-state index is 12.3. The first-order valence-corrected chi connectivity index (χ1v) is 7.98. The molecule has 0 aliphatic rings. The molecule has 6 heteroatoms. The van der Waals surface area contributed by atoms with Crippen molar-refractivity contribution in [3.8, 4) is 5.69 Å². The third-order valence-electron chi connectivity index (χ3n) is 3.50. The monoisotopic (exact) mass is 333 g/mol. The van der Waals surface area contributed by atoms with Gasteiger partial charge in [0.05, 0.1) is 10.7 Å². The molecule has 0 radical (unpaired) electrons. The van der Waals surface area contributed by atoms with Gasteiger partial charge in [-0.25, -0.2) is 4.68 Å². The van der Waals surface area contributed by atoms with Crippen molar-refractivity contribution in [1.82, 2.24) is 15.1 Å². The molecule has 0 aliphatic carbocycles. The fourth-order valence-corrected chi connectivity index (χ4v) is 2.59. The Morgan fingerprint density at radius 2 is 2.09 bits per heavy atom. The molecule has 0 fully saturated rings. The van der Waals surface area contributed by atoms with Crippen molar-refractivity contribution in [1.29, 1.82) is 0 Å². The molecule has 23 heavy (non-hydrogen) atoms. The predicted molar refractivity (Wildman–Crippen MR) is 91.4 cm³/mol. The van der Waals surface area contributed by atoms with E-state index in [1.165, 1.54) is 10.7 Å². The highest BCUT2D eigenvalue weighted by atomic mass is 35.5. The van der Waals surface area contributed by atoms with E-state index in [0.717, 1.165) is 12.8 Å². The van der Waals surface area contributed by atoms with E-state index in [1.807, 2.05) is 26.0 Å². The molecule has 0 saturated heterocycles. The Bertz CT molecular complexity index is 771. The summed E-state index contributed by atoms with van der Waals surface area (Å²) in [5.74, 6) is -0.461. The molecule has 1 atom stereocenters. The second-order valence-corrected chi connectivity index (χ2v) is 5.93. The normalized spacial score (nSPS) is 12.0. The summed E-state index contributed by atoms with van der Waals surface area (Å²) in [6.45, 7) is 5.69. The van der Waals surface area contributed by atoms with E-state index in [9.17, 15) is 9.59 Å². The van der Waals surface area contributed by atoms with Gasteiger partial charge in [-0.1, -0.05) is 37.1 Å². The van der Waals surface area contributed by atoms with Gasteiger partial charge in [-0.15, -0.1) is 0 Å². The first kappa shape index (κ1) is 17.2. The quantitative estimate of drug-likeness (QED) is 0.914. The summed E-state index contributed by atoms with van der Waals surface area (Å²) in [5.41, 5.74) is 0.717. The summed E-state index contributed by atoms with van der Waals surface area (Å²) in [7, 11) is 0. The largest absolute Gasteiger partial charge is 0.348 e. The average Bonchev–Trinajstić information content (AvgIpc) is 2.48. The highest BCUT2D eigenvalue weighted by molar-refractivity contribution is 6.32. The number of rotatable bonds is 5. The van der Waals surface area contributed by atoms with Gasteiger partial charge in [0.2, 0.25) is 5.43 Å². The molecule has 0 spiro atoms. The highest BCUT2D eigenvalue weighted by Gasteiger charge is 2.17. The summed E-state index contributed by atoms with van der Waals surface area (Å²) < 4.78 is 1.52. The van der Waals surface area contributed by atoms with Crippen LogP contribution in [-0.4, -0.2) is 21.7 Å². The zero-order chi connectivity index (χ0) is 17.0. The van der Waals surface area contributed by atoms with Crippen molar-refractivity contribution < 1.29 is 4.79 Å². The lowest BCUT2D eigenvalue weighted by molar-refractivity contribution is 0.0930. The number of nitrogens with zero attached hydrogens (tertiary/aromatic N) is 2. The summed E-state index contributed by atoms with van der Waals surface area (Å²) in [6.07, 6.45) is 1.79. The molecular formula is C17H20ClN3O2. The fraction of sp³-hybridized carbons (Fsp3) is 0.353. The van der Waals surface area contributed by atoms with Gasteiger partial charge in [-0.3, -0.25) is 9.59 Å². The van der Waals surface area contributed by atoms with Crippen LogP contribution in [0.5, 0.6) is 0 Å². The molecule has 122 valence electrons. The van der Waals surface area contributed by atoms with Gasteiger partial charge in [0, 0.05) is 17.8 Å². The van der Waals surface area contributed by atoms with Crippen LogP contribution in [0.3, 0.4) is 0 Å². The van der Waals surface area contributed by atoms with Crippen molar-refractivity contribution >= 4 is 17.5 Å². The lowest BCUT2D eigenvalue weighted by atomic mass is 10.2. The Morgan fingerprint density at radius 3 is 2.74 bits per heavy atom. The van der Waals surface area contributed by atoms with E-state index in [4.69, 9.17) is 11.6 Å². The van der Waals surface area contributed by atoms with Gasteiger partial charge < -0.3 is 5.32 Å². The Balaban J connectivity index is 2.43. The molecule has 2 rings (SSSR count). The van der Waals surface area contributed by atoms with E-state index < -0.39 is 11.3 Å². The summed E-state index contributed by atoms with van der Waals surface area (Å²) in [4.78, 5) is 24.4. The second kappa shape index (κ2) is 7.42. The van der Waals surface area contributed by atoms with Crippen LogP contribution in [-0.2, 0) is 0 Å². The zero-order valence-electron chi connectivity index (χ0n) is 13.5. The molecule has 0 bridgehead atoms. The molecular weight excluding hydrogens is 314 g/mol. The number of benzene rings is 1. The minimum Gasteiger partial charge on any atom is -0.348 e. The van der Waals surface area contributed by atoms with Crippen LogP contribution in [0.1, 0.15) is 42.9 Å². The van der Waals surface area contributed by atoms with E-state index >= 15 is 0 Å². The van der Waals surface area contributed by atoms with Crippen LogP contribution in [0.4, 0.5) is 0 Å². The van der Waals surface area contributed by atoms with E-state index in [0.29, 0.717) is 16.4 Å². The van der Waals surface area contributed by atoms with Gasteiger partial charge in [-0.05, 0) is 32.4 Å². The number of hydrogen-bond acceptors (Lipinski definition) is 3. The van der Waals surface area contributed by atoms with Crippen molar-refractivity contribution in [2.24, 2.45) is 0 Å². The minimum atomic E-state index is -0.461. The average molecular weight is 334 g/mol. The first-order chi connectivity index (χ1) is 10.9. The summed E-state index contributed by atoms with van der Waals surface area (Å²) in [6, 6.07) is 8.54. The fourth-order valence-electron chi connectivity index (χ4n) is 2.37. The SMILES string of the molecule is CCCC(C)NC(=O)c1nn(-c2ccccc2Cl)c(C)cc1=O. The number of aromatic nitrogens is 2. The summed E-state index contributed by atoms with van der Waals surface area (Å²) >= 11 is 6.19. The number of aryl methyl sites for hydroxylation is 1. The van der Waals surface area contributed by atoms with Gasteiger partial charge in [0.1, 0.15) is 0 Å². The first-order valence-electron chi connectivity index (χ1n) is 7.60. The molecule has 1 heterocycles. The summed E-state index contributed by atoms with van der Waals surface area (Å²) in [5, 5.41) is 7.52. The molecule has 1 aromatic carbocycles. The number of hydrogen-bond donors (Lipinski definition) is 1. The van der Waals surface area contributed by atoms with Crippen molar-refractivity contribution in [3.63, 3.8) is 0 Å². The highest BCUT2D eigenvalue weighted by Crippen LogP contribution is 2.19. The number of carbonyl (C=O) groups is 1. The Kier molecular flexibility index (Phi) is 5.55. The van der Waals surface area contributed by atoms with Crippen LogP contribution >= 0.6 is 11.6 Å². The maximum Gasteiger partial charge on any atom is 0.276 e. The third kappa shape index (κ3) is 3.99. The number of carbonyl (C=O) groups excluding carboxylic acids is 1. The van der Waals surface area contributed by atoms with Crippen LogP contribution < -0.4 is 10.7 Å². The number of amides is 1. The molecule has 2 aromatic rings. The van der Waals surface area contributed by atoms with E-state index in [2.05, 4.69) is 10.4 Å². The lowest BCUT2D eigenvalue weighted by Crippen LogP contribution is -2.37. The smallest absolute Gasteiger partial charge is 0.276 e. The molecule has 1 amide bonds. The van der Waals surface area contributed by atoms with Crippen LogP contribution in [0.25, 0.3) is 5.69 Å². The second-order valence-electron chi connectivity index (χ2n) is 5.52. The van der Waals surface area contributed by atoms with Crippen LogP contribution in [0.15, 0.2) is 35.1 Å². The van der Waals surface area contributed by atoms with Crippen LogP contribution in [0.2, 0.25) is 5.02 Å². The maximum absolute atomic E-state index is 12.3. The van der Waals surface area contributed by atoms with Crippen molar-refractivity contribution in [2.45, 2.75) is 39.7 Å². The molecule has 1 N–H and O–H groups in total. The van der Waals surface area contributed by atoms with Gasteiger partial charge in [-0.2, -0.15) is 5.10 Å². The standard InChI is InChI=1S/C17H20ClN3O2/c1-4-7-11(2)19-17(23)16-15(22)10-12(3)21(20-16)14-9-6-5-8-13(14)18/h5-6,8-11H,4,7H2,1-3H3,(H,19,23). The Labute approximate surface area is 140 Å². The third-order valence-corrected chi connectivity index (χ3v) is 3.82. The van der Waals surface area contributed by atoms with Gasteiger partial charge in [0.25, 0.3) is 5.91 Å². The van der Waals surface area contributed by atoms with Gasteiger partial charge >= 0.3 is 0 Å². The molecule has 5 nitrogen and oxygen atoms in total. The number of para-hydroxylation sites is 1. The van der Waals surface area contributed by atoms with Crippen molar-refractivity contribution in [3.05, 3.63) is 57.0 Å². The number of nitrogens with one attached hydrogen (secondary N) is 1. The van der Waals surface area contributed by atoms with E-state index in [-0.39, 0.29) is 11.7 Å². The Morgan fingerprint density at radius 1 is 1.39 bits per heavy atom. The predicted octanol–water partition coefficient (Wildman–Crippen LogP) is 3.11. The minimum absolute atomic E-state index is 0.0104. The van der Waals surface area contributed by atoms with Gasteiger partial charge in [0.15, 0.2) is 5.69 Å². The lowest BCUT2D eigenvalue weighted by Gasteiger charge is -2.15. The molecule has 0 saturated carbocycles. The Hall–Kier alpha value is -2.14. The van der Waals surface area contributed by atoms with E-state index in [1.54, 1.807) is 19.1 Å².